The Balaban J connectivity index is 1.50. The molecule has 0 aliphatic rings. The van der Waals surface area contributed by atoms with E-state index in [0.29, 0.717) is 13.2 Å². The van der Waals surface area contributed by atoms with Crippen LogP contribution in [0.3, 0.4) is 0 Å². The van der Waals surface area contributed by atoms with Crippen LogP contribution in [0.2, 0.25) is 0 Å². The lowest BCUT2D eigenvalue weighted by atomic mass is 10.3. The van der Waals surface area contributed by atoms with Gasteiger partial charge in [-0.15, -0.1) is 11.3 Å². The Hall–Kier alpha value is -2.67. The van der Waals surface area contributed by atoms with Crippen molar-refractivity contribution < 1.29 is 14.6 Å². The minimum Gasteiger partial charge on any atom is -0.483 e. The van der Waals surface area contributed by atoms with Gasteiger partial charge < -0.3 is 19.1 Å². The number of para-hydroxylation sites is 3. The summed E-state index contributed by atoms with van der Waals surface area (Å²) in [5, 5.41) is 12.6. The minimum absolute atomic E-state index is 0.260. The first kappa shape index (κ1) is 19.6. The normalized spacial score (nSPS) is 13.4. The van der Waals surface area contributed by atoms with Gasteiger partial charge >= 0.3 is 0 Å². The number of hydrogen-bond donors (Lipinski definition) is 1. The van der Waals surface area contributed by atoms with Gasteiger partial charge in [0.1, 0.15) is 5.75 Å². The molecule has 2 aromatic carbocycles. The number of fused-ring (bicyclic) bond motifs is 1. The molecular weight excluding hydrogens is 384 g/mol. The van der Waals surface area contributed by atoms with E-state index >= 15 is 0 Å². The largest absolute Gasteiger partial charge is 0.483 e. The summed E-state index contributed by atoms with van der Waals surface area (Å²) in [5.74, 6) is 1.57. The molecule has 4 aromatic rings. The van der Waals surface area contributed by atoms with E-state index < -0.39 is 6.10 Å². The van der Waals surface area contributed by atoms with Gasteiger partial charge in [0.05, 0.1) is 36.9 Å². The van der Waals surface area contributed by atoms with Crippen molar-refractivity contribution in [2.75, 3.05) is 6.61 Å². The van der Waals surface area contributed by atoms with Crippen LogP contribution in [0, 0.1) is 0 Å². The first-order chi connectivity index (χ1) is 14.2. The second-order valence-corrected chi connectivity index (χ2v) is 7.92. The summed E-state index contributed by atoms with van der Waals surface area (Å²) in [4.78, 5) is 5.92. The second kappa shape index (κ2) is 9.22. The van der Waals surface area contributed by atoms with Gasteiger partial charge in [0.15, 0.2) is 11.9 Å². The topological polar surface area (TPSA) is 56.5 Å². The van der Waals surface area contributed by atoms with Crippen LogP contribution >= 0.6 is 11.3 Å². The molecule has 6 heteroatoms. The molecule has 0 fully saturated rings. The molecule has 0 radical (unpaired) electrons. The van der Waals surface area contributed by atoms with Crippen LogP contribution in [0.1, 0.15) is 23.7 Å². The Morgan fingerprint density at radius 1 is 1.03 bits per heavy atom. The number of imidazole rings is 1. The highest BCUT2D eigenvalue weighted by atomic mass is 32.1. The summed E-state index contributed by atoms with van der Waals surface area (Å²) in [5.41, 5.74) is 1.86. The summed E-state index contributed by atoms with van der Waals surface area (Å²) >= 11 is 1.65. The van der Waals surface area contributed by atoms with Gasteiger partial charge in [-0.25, -0.2) is 4.98 Å². The lowest BCUT2D eigenvalue weighted by Crippen LogP contribution is -2.24. The van der Waals surface area contributed by atoms with Gasteiger partial charge in [-0.1, -0.05) is 36.4 Å². The van der Waals surface area contributed by atoms with Crippen LogP contribution in [0.4, 0.5) is 0 Å². The molecule has 0 amide bonds. The van der Waals surface area contributed by atoms with Gasteiger partial charge in [0.2, 0.25) is 0 Å². The molecule has 0 bridgehead atoms. The van der Waals surface area contributed by atoms with E-state index in [2.05, 4.69) is 0 Å². The summed E-state index contributed by atoms with van der Waals surface area (Å²) < 4.78 is 13.8. The average Bonchev–Trinajstić information content (AvgIpc) is 3.37. The Morgan fingerprint density at radius 2 is 1.83 bits per heavy atom. The summed E-state index contributed by atoms with van der Waals surface area (Å²) in [6.45, 7) is 3.14. The van der Waals surface area contributed by atoms with Crippen molar-refractivity contribution in [3.8, 4) is 5.75 Å². The quantitative estimate of drug-likeness (QED) is 0.432. The molecule has 1 N–H and O–H groups in total. The third-order valence-corrected chi connectivity index (χ3v) is 5.48. The van der Waals surface area contributed by atoms with E-state index in [1.165, 1.54) is 0 Å². The Labute approximate surface area is 174 Å². The average molecular weight is 409 g/mol. The number of benzene rings is 2. The highest BCUT2D eigenvalue weighted by molar-refractivity contribution is 7.09. The van der Waals surface area contributed by atoms with Gasteiger partial charge in [-0.3, -0.25) is 0 Å². The van der Waals surface area contributed by atoms with Crippen molar-refractivity contribution in [2.45, 2.75) is 32.3 Å². The molecule has 0 aliphatic carbocycles. The maximum absolute atomic E-state index is 10.6. The van der Waals surface area contributed by atoms with E-state index in [1.807, 2.05) is 83.6 Å². The second-order valence-electron chi connectivity index (χ2n) is 6.89. The fraction of sp³-hybridized carbons (Fsp3) is 0.261. The minimum atomic E-state index is -0.643. The van der Waals surface area contributed by atoms with E-state index in [0.717, 1.165) is 27.5 Å². The monoisotopic (exact) mass is 408 g/mol. The number of rotatable bonds is 9. The lowest BCUT2D eigenvalue weighted by molar-refractivity contribution is 0.0207. The zero-order chi connectivity index (χ0) is 20.1. The SMILES string of the molecule is C[C@@H](Oc1ccccc1)c1nc2ccccc2n1C[C@@H](O)COCc1cccs1. The van der Waals surface area contributed by atoms with Crippen LogP contribution in [0.25, 0.3) is 11.0 Å². The van der Waals surface area contributed by atoms with Crippen molar-refractivity contribution in [2.24, 2.45) is 0 Å². The predicted octanol–water partition coefficient (Wildman–Crippen LogP) is 4.82. The van der Waals surface area contributed by atoms with Crippen LogP contribution in [0.15, 0.2) is 72.1 Å². The third kappa shape index (κ3) is 4.85. The first-order valence-electron chi connectivity index (χ1n) is 9.66. The van der Waals surface area contributed by atoms with Gasteiger partial charge in [0.25, 0.3) is 0 Å². The van der Waals surface area contributed by atoms with E-state index in [9.17, 15) is 5.11 Å². The van der Waals surface area contributed by atoms with Crippen molar-refractivity contribution in [3.63, 3.8) is 0 Å². The fourth-order valence-electron chi connectivity index (χ4n) is 3.31. The number of ether oxygens (including phenoxy) is 2. The molecule has 2 atom stereocenters. The van der Waals surface area contributed by atoms with Crippen molar-refractivity contribution >= 4 is 22.4 Å². The Morgan fingerprint density at radius 3 is 2.62 bits per heavy atom. The van der Waals surface area contributed by atoms with Crippen LogP contribution < -0.4 is 4.74 Å². The lowest BCUT2D eigenvalue weighted by Gasteiger charge is -2.19. The Kier molecular flexibility index (Phi) is 6.24. The molecule has 4 rings (SSSR count). The maximum Gasteiger partial charge on any atom is 0.153 e. The molecule has 0 spiro atoms. The van der Waals surface area contributed by atoms with E-state index in [4.69, 9.17) is 14.5 Å². The summed E-state index contributed by atoms with van der Waals surface area (Å²) in [7, 11) is 0. The molecule has 0 saturated carbocycles. The number of aliphatic hydroxyl groups is 1. The molecule has 0 saturated heterocycles. The van der Waals surface area contributed by atoms with Gasteiger partial charge in [0, 0.05) is 4.88 Å². The number of aromatic nitrogens is 2. The van der Waals surface area contributed by atoms with Crippen LogP contribution in [-0.2, 0) is 17.9 Å². The summed E-state index contributed by atoms with van der Waals surface area (Å²) in [6, 6.07) is 21.7. The molecule has 2 heterocycles. The highest BCUT2D eigenvalue weighted by Crippen LogP contribution is 2.25. The smallest absolute Gasteiger partial charge is 0.153 e. The standard InChI is InChI=1S/C23H24N2O3S/c1-17(28-19-8-3-2-4-9-19)23-24-21-11-5-6-12-22(21)25(23)14-18(26)15-27-16-20-10-7-13-29-20/h2-13,17-18,26H,14-16H2,1H3/t17-,18-/m1/s1. The Bertz CT molecular complexity index is 1030. The zero-order valence-electron chi connectivity index (χ0n) is 16.3. The molecule has 2 aromatic heterocycles. The molecule has 0 aliphatic heterocycles. The summed E-state index contributed by atoms with van der Waals surface area (Å²) in [6.07, 6.45) is -0.903. The van der Waals surface area contributed by atoms with E-state index in [1.54, 1.807) is 11.3 Å². The molecular formula is C23H24N2O3S. The predicted molar refractivity (Wildman–Crippen MR) is 115 cm³/mol. The van der Waals surface area contributed by atoms with Gasteiger partial charge in [-0.05, 0) is 42.6 Å². The molecule has 29 heavy (non-hydrogen) atoms. The van der Waals surface area contributed by atoms with E-state index in [-0.39, 0.29) is 12.7 Å². The van der Waals surface area contributed by atoms with Crippen molar-refractivity contribution in [3.05, 3.63) is 82.8 Å². The molecule has 5 nitrogen and oxygen atoms in total. The van der Waals surface area contributed by atoms with Crippen molar-refractivity contribution in [1.82, 2.24) is 9.55 Å². The van der Waals surface area contributed by atoms with Crippen molar-refractivity contribution in [1.29, 1.82) is 0 Å². The number of nitrogens with zero attached hydrogens (tertiary/aromatic N) is 2. The molecule has 150 valence electrons. The third-order valence-electron chi connectivity index (χ3n) is 4.63. The number of thiophene rings is 1. The maximum atomic E-state index is 10.6. The zero-order valence-corrected chi connectivity index (χ0v) is 17.1. The number of hydrogen-bond acceptors (Lipinski definition) is 5. The first-order valence-corrected chi connectivity index (χ1v) is 10.5. The highest BCUT2D eigenvalue weighted by Gasteiger charge is 2.20. The van der Waals surface area contributed by atoms with Crippen LogP contribution in [0.5, 0.6) is 5.75 Å². The molecule has 0 unspecified atom stereocenters. The van der Waals surface area contributed by atoms with Crippen LogP contribution in [-0.4, -0.2) is 27.4 Å². The van der Waals surface area contributed by atoms with Gasteiger partial charge in [-0.2, -0.15) is 0 Å². The number of aliphatic hydroxyl groups excluding tert-OH is 1. The fourth-order valence-corrected chi connectivity index (χ4v) is 3.95.